The van der Waals surface area contributed by atoms with E-state index in [1.165, 1.54) is 13.0 Å². The van der Waals surface area contributed by atoms with Gasteiger partial charge in [0.25, 0.3) is 0 Å². The van der Waals surface area contributed by atoms with E-state index in [9.17, 15) is 18.0 Å². The van der Waals surface area contributed by atoms with Crippen LogP contribution in [0, 0.1) is 0 Å². The van der Waals surface area contributed by atoms with Crippen LogP contribution in [0.4, 0.5) is 13.2 Å². The van der Waals surface area contributed by atoms with Gasteiger partial charge in [0.15, 0.2) is 0 Å². The predicted molar refractivity (Wildman–Crippen MR) is 70.8 cm³/mol. The van der Waals surface area contributed by atoms with Crippen LogP contribution in [0.3, 0.4) is 0 Å². The Kier molecular flexibility index (Phi) is 5.40. The zero-order valence-electron chi connectivity index (χ0n) is 10.7. The highest BCUT2D eigenvalue weighted by Gasteiger charge is 2.30. The summed E-state index contributed by atoms with van der Waals surface area (Å²) in [4.78, 5) is 12.8. The summed E-state index contributed by atoms with van der Waals surface area (Å²) in [5.74, 6) is -0.0781. The molecule has 0 fully saturated rings. The minimum atomic E-state index is -4.35. The first-order valence-corrected chi connectivity index (χ1v) is 6.66. The maximum atomic E-state index is 12.6. The zero-order valence-corrected chi connectivity index (χ0v) is 12.3. The number of carbonyl (C=O) groups excluding carboxylic acids is 1. The average Bonchev–Trinajstić information content (AvgIpc) is 2.30. The lowest BCUT2D eigenvalue weighted by Gasteiger charge is -2.19. The largest absolute Gasteiger partial charge is 0.416 e. The molecule has 0 radical (unpaired) electrons. The SMILES string of the molecule is CCN(CCc1cc(C(F)(F)F)ccc1Br)C(C)=O. The number of amides is 1. The maximum absolute atomic E-state index is 12.6. The Morgan fingerprint density at radius 3 is 2.47 bits per heavy atom. The fourth-order valence-electron chi connectivity index (χ4n) is 1.74. The van der Waals surface area contributed by atoms with Gasteiger partial charge < -0.3 is 4.90 Å². The van der Waals surface area contributed by atoms with Crippen LogP contribution in [-0.2, 0) is 17.4 Å². The summed E-state index contributed by atoms with van der Waals surface area (Å²) < 4.78 is 38.5. The Hall–Kier alpha value is -1.04. The highest BCUT2D eigenvalue weighted by Crippen LogP contribution is 2.32. The molecular weight excluding hydrogens is 323 g/mol. The van der Waals surface area contributed by atoms with Crippen LogP contribution in [-0.4, -0.2) is 23.9 Å². The molecule has 0 heterocycles. The highest BCUT2D eigenvalue weighted by molar-refractivity contribution is 9.10. The number of likely N-dealkylation sites (N-methyl/N-ethyl adjacent to an activating group) is 1. The van der Waals surface area contributed by atoms with Crippen LogP contribution in [0.15, 0.2) is 22.7 Å². The summed E-state index contributed by atoms with van der Waals surface area (Å²) in [5, 5.41) is 0. The fourth-order valence-corrected chi connectivity index (χ4v) is 2.18. The smallest absolute Gasteiger partial charge is 0.343 e. The van der Waals surface area contributed by atoms with Gasteiger partial charge in [0.2, 0.25) is 5.91 Å². The molecular formula is C13H15BrF3NO. The predicted octanol–water partition coefficient (Wildman–Crippen LogP) is 3.88. The number of carbonyl (C=O) groups is 1. The summed E-state index contributed by atoms with van der Waals surface area (Å²) >= 11 is 3.24. The molecule has 0 saturated heterocycles. The van der Waals surface area contributed by atoms with E-state index in [0.29, 0.717) is 29.5 Å². The van der Waals surface area contributed by atoms with Gasteiger partial charge in [0, 0.05) is 24.5 Å². The summed E-state index contributed by atoms with van der Waals surface area (Å²) in [6.45, 7) is 4.24. The van der Waals surface area contributed by atoms with E-state index in [2.05, 4.69) is 15.9 Å². The second-order valence-electron chi connectivity index (χ2n) is 4.15. The van der Waals surface area contributed by atoms with Crippen LogP contribution < -0.4 is 0 Å². The second kappa shape index (κ2) is 6.41. The van der Waals surface area contributed by atoms with Gasteiger partial charge in [0.05, 0.1) is 5.56 Å². The average molecular weight is 338 g/mol. The molecule has 0 unspecified atom stereocenters. The number of hydrogen-bond acceptors (Lipinski definition) is 1. The van der Waals surface area contributed by atoms with Crippen molar-refractivity contribution in [3.63, 3.8) is 0 Å². The quantitative estimate of drug-likeness (QED) is 0.816. The molecule has 0 aliphatic heterocycles. The Morgan fingerprint density at radius 2 is 2.00 bits per heavy atom. The maximum Gasteiger partial charge on any atom is 0.416 e. The Balaban J connectivity index is 2.86. The van der Waals surface area contributed by atoms with Crippen molar-refractivity contribution in [3.8, 4) is 0 Å². The van der Waals surface area contributed by atoms with Crippen molar-refractivity contribution in [2.24, 2.45) is 0 Å². The molecule has 0 aliphatic rings. The van der Waals surface area contributed by atoms with E-state index in [-0.39, 0.29) is 5.91 Å². The summed E-state index contributed by atoms with van der Waals surface area (Å²) in [5.41, 5.74) is -0.119. The first-order chi connectivity index (χ1) is 8.75. The van der Waals surface area contributed by atoms with Crippen LogP contribution in [0.25, 0.3) is 0 Å². The molecule has 0 N–H and O–H groups in total. The van der Waals surface area contributed by atoms with Crippen molar-refractivity contribution < 1.29 is 18.0 Å². The summed E-state index contributed by atoms with van der Waals surface area (Å²) in [6.07, 6.45) is -3.96. The third kappa shape index (κ3) is 4.53. The van der Waals surface area contributed by atoms with Gasteiger partial charge in [-0.05, 0) is 37.1 Å². The van der Waals surface area contributed by atoms with Gasteiger partial charge in [-0.3, -0.25) is 4.79 Å². The molecule has 0 saturated carbocycles. The van der Waals surface area contributed by atoms with E-state index in [0.717, 1.165) is 12.1 Å². The molecule has 0 aromatic heterocycles. The first-order valence-electron chi connectivity index (χ1n) is 5.86. The molecule has 1 aromatic carbocycles. The third-order valence-corrected chi connectivity index (χ3v) is 3.62. The Morgan fingerprint density at radius 1 is 1.37 bits per heavy atom. The van der Waals surface area contributed by atoms with Gasteiger partial charge in [0.1, 0.15) is 0 Å². The summed E-state index contributed by atoms with van der Waals surface area (Å²) in [6, 6.07) is 3.55. The molecule has 1 rings (SSSR count). The van der Waals surface area contributed by atoms with Crippen molar-refractivity contribution in [2.45, 2.75) is 26.4 Å². The lowest BCUT2D eigenvalue weighted by atomic mass is 10.1. The molecule has 0 bridgehead atoms. The number of rotatable bonds is 4. The van der Waals surface area contributed by atoms with Gasteiger partial charge in [-0.2, -0.15) is 13.2 Å². The summed E-state index contributed by atoms with van der Waals surface area (Å²) in [7, 11) is 0. The standard InChI is InChI=1S/C13H15BrF3NO/c1-3-18(9(2)19)7-6-10-8-11(13(15,16)17)4-5-12(10)14/h4-5,8H,3,6-7H2,1-2H3. The molecule has 0 spiro atoms. The lowest BCUT2D eigenvalue weighted by molar-refractivity contribution is -0.137. The van der Waals surface area contributed by atoms with Crippen molar-refractivity contribution in [2.75, 3.05) is 13.1 Å². The molecule has 106 valence electrons. The normalized spacial score (nSPS) is 11.5. The molecule has 0 atom stereocenters. The molecule has 19 heavy (non-hydrogen) atoms. The van der Waals surface area contributed by atoms with Crippen molar-refractivity contribution in [1.82, 2.24) is 4.90 Å². The molecule has 2 nitrogen and oxygen atoms in total. The minimum Gasteiger partial charge on any atom is -0.343 e. The molecule has 6 heteroatoms. The van der Waals surface area contributed by atoms with Crippen LogP contribution in [0.1, 0.15) is 25.0 Å². The molecule has 1 amide bonds. The zero-order chi connectivity index (χ0) is 14.6. The van der Waals surface area contributed by atoms with Crippen molar-refractivity contribution in [3.05, 3.63) is 33.8 Å². The third-order valence-electron chi connectivity index (χ3n) is 2.85. The van der Waals surface area contributed by atoms with Gasteiger partial charge in [-0.15, -0.1) is 0 Å². The van der Waals surface area contributed by atoms with Crippen LogP contribution in [0.2, 0.25) is 0 Å². The first kappa shape index (κ1) is 16.0. The van der Waals surface area contributed by atoms with Crippen molar-refractivity contribution >= 4 is 21.8 Å². The van der Waals surface area contributed by atoms with Crippen LogP contribution >= 0.6 is 15.9 Å². The van der Waals surface area contributed by atoms with E-state index in [4.69, 9.17) is 0 Å². The van der Waals surface area contributed by atoms with Gasteiger partial charge in [-0.1, -0.05) is 15.9 Å². The molecule has 0 aliphatic carbocycles. The lowest BCUT2D eigenvalue weighted by Crippen LogP contribution is -2.30. The van der Waals surface area contributed by atoms with E-state index >= 15 is 0 Å². The topological polar surface area (TPSA) is 20.3 Å². The molecule has 1 aromatic rings. The highest BCUT2D eigenvalue weighted by atomic mass is 79.9. The van der Waals surface area contributed by atoms with E-state index < -0.39 is 11.7 Å². The van der Waals surface area contributed by atoms with Crippen LogP contribution in [0.5, 0.6) is 0 Å². The second-order valence-corrected chi connectivity index (χ2v) is 5.01. The monoisotopic (exact) mass is 337 g/mol. The number of hydrogen-bond donors (Lipinski definition) is 0. The number of benzene rings is 1. The van der Waals surface area contributed by atoms with Gasteiger partial charge in [-0.25, -0.2) is 0 Å². The Labute approximate surface area is 118 Å². The fraction of sp³-hybridized carbons (Fsp3) is 0.462. The number of nitrogens with zero attached hydrogens (tertiary/aromatic N) is 1. The van der Waals surface area contributed by atoms with E-state index in [1.807, 2.05) is 6.92 Å². The van der Waals surface area contributed by atoms with Crippen molar-refractivity contribution in [1.29, 1.82) is 0 Å². The Bertz CT molecular complexity index is 460. The number of halogens is 4. The van der Waals surface area contributed by atoms with E-state index in [1.54, 1.807) is 4.90 Å². The number of alkyl halides is 3. The minimum absolute atomic E-state index is 0.0781. The van der Waals surface area contributed by atoms with Gasteiger partial charge >= 0.3 is 6.18 Å².